The number of halogens is 1. The molecule has 0 radical (unpaired) electrons. The molecule has 1 heterocycles. The van der Waals surface area contributed by atoms with Crippen LogP contribution in [0.4, 0.5) is 20.8 Å². The highest BCUT2D eigenvalue weighted by Crippen LogP contribution is 2.27. The van der Waals surface area contributed by atoms with Crippen molar-refractivity contribution in [3.05, 3.63) is 16.9 Å². The average Bonchev–Trinajstić information content (AvgIpc) is 2.52. The molecule has 1 fully saturated rings. The van der Waals surface area contributed by atoms with Crippen LogP contribution in [0, 0.1) is 12.7 Å². The van der Waals surface area contributed by atoms with Gasteiger partial charge in [0.25, 0.3) is 0 Å². The van der Waals surface area contributed by atoms with Crippen LogP contribution in [0.5, 0.6) is 0 Å². The number of nitrogens with two attached hydrogens (primary N) is 1. The smallest absolute Gasteiger partial charge is 0.407 e. The Labute approximate surface area is 157 Å². The zero-order valence-corrected chi connectivity index (χ0v) is 16.1. The van der Waals surface area contributed by atoms with Gasteiger partial charge >= 0.3 is 12.1 Å². The van der Waals surface area contributed by atoms with Crippen molar-refractivity contribution in [2.75, 3.05) is 11.1 Å². The number of nitrogens with one attached hydrogen (secondary N) is 2. The minimum Gasteiger partial charge on any atom is -0.478 e. The van der Waals surface area contributed by atoms with Crippen molar-refractivity contribution in [3.8, 4) is 0 Å². The number of carboxylic acid groups (broad SMARTS) is 1. The van der Waals surface area contributed by atoms with Crippen LogP contribution in [0.2, 0.25) is 0 Å². The van der Waals surface area contributed by atoms with Crippen molar-refractivity contribution < 1.29 is 23.8 Å². The predicted molar refractivity (Wildman–Crippen MR) is 99.3 cm³/mol. The number of pyridine rings is 1. The maximum Gasteiger partial charge on any atom is 0.407 e. The summed E-state index contributed by atoms with van der Waals surface area (Å²) in [7, 11) is 0. The number of aromatic nitrogens is 1. The van der Waals surface area contributed by atoms with E-state index in [0.717, 1.165) is 12.8 Å². The molecule has 150 valence electrons. The fourth-order valence-electron chi connectivity index (χ4n) is 3.18. The lowest BCUT2D eigenvalue weighted by Crippen LogP contribution is -2.50. The number of anilines is 2. The first kappa shape index (κ1) is 20.7. The molecule has 9 heteroatoms. The quantitative estimate of drug-likeness (QED) is 0.630. The summed E-state index contributed by atoms with van der Waals surface area (Å²) in [5, 5.41) is 15.0. The minimum atomic E-state index is -1.33. The van der Waals surface area contributed by atoms with E-state index in [1.54, 1.807) is 20.8 Å². The Kier molecular flexibility index (Phi) is 6.12. The molecule has 0 aromatic carbocycles. The van der Waals surface area contributed by atoms with Crippen molar-refractivity contribution >= 4 is 23.7 Å². The summed E-state index contributed by atoms with van der Waals surface area (Å²) >= 11 is 0. The minimum absolute atomic E-state index is 0.0787. The SMILES string of the molecule is Cc1c(F)c(NC2CCCCC2NC(=O)OC(C)(C)C)nc(N)c1C(=O)O. The van der Waals surface area contributed by atoms with Gasteiger partial charge in [-0.1, -0.05) is 12.8 Å². The van der Waals surface area contributed by atoms with Crippen molar-refractivity contribution in [1.82, 2.24) is 10.3 Å². The Morgan fingerprint density at radius 1 is 1.26 bits per heavy atom. The van der Waals surface area contributed by atoms with Gasteiger partial charge in [0.2, 0.25) is 0 Å². The second-order valence-corrected chi connectivity index (χ2v) is 7.75. The molecule has 1 aliphatic rings. The van der Waals surface area contributed by atoms with Gasteiger partial charge < -0.3 is 26.2 Å². The standard InChI is InChI=1S/C18H27FN4O4/c1-9-12(16(24)25)14(20)23-15(13(9)19)21-10-7-5-6-8-11(10)22-17(26)27-18(2,3)4/h10-11H,5-8H2,1-4H3,(H,22,26)(H,24,25)(H3,20,21,23). The summed E-state index contributed by atoms with van der Waals surface area (Å²) in [6.07, 6.45) is 2.70. The molecule has 2 rings (SSSR count). The molecule has 0 saturated heterocycles. The first-order chi connectivity index (χ1) is 12.5. The van der Waals surface area contributed by atoms with E-state index in [1.807, 2.05) is 0 Å². The fraction of sp³-hybridized carbons (Fsp3) is 0.611. The normalized spacial score (nSPS) is 20.0. The van der Waals surface area contributed by atoms with Crippen LogP contribution < -0.4 is 16.4 Å². The first-order valence-electron chi connectivity index (χ1n) is 8.94. The summed E-state index contributed by atoms with van der Waals surface area (Å²) in [4.78, 5) is 27.2. The number of rotatable bonds is 4. The number of nitrogen functional groups attached to an aromatic ring is 1. The van der Waals surface area contributed by atoms with Crippen LogP contribution in [0.25, 0.3) is 0 Å². The number of nitrogens with zero attached hydrogens (tertiary/aromatic N) is 1. The van der Waals surface area contributed by atoms with Gasteiger partial charge in [-0.25, -0.2) is 19.0 Å². The third kappa shape index (κ3) is 5.21. The Hall–Kier alpha value is -2.58. The molecule has 1 aromatic heterocycles. The van der Waals surface area contributed by atoms with Gasteiger partial charge in [0.05, 0.1) is 6.04 Å². The van der Waals surface area contributed by atoms with Gasteiger partial charge in [0.1, 0.15) is 17.0 Å². The third-order valence-corrected chi connectivity index (χ3v) is 4.40. The number of carbonyl (C=O) groups excluding carboxylic acids is 1. The third-order valence-electron chi connectivity index (χ3n) is 4.40. The lowest BCUT2D eigenvalue weighted by Gasteiger charge is -2.34. The summed E-state index contributed by atoms with van der Waals surface area (Å²) in [6, 6.07) is -0.543. The van der Waals surface area contributed by atoms with E-state index in [-0.39, 0.29) is 34.8 Å². The van der Waals surface area contributed by atoms with E-state index in [1.165, 1.54) is 6.92 Å². The van der Waals surface area contributed by atoms with Crippen molar-refractivity contribution in [2.45, 2.75) is 71.1 Å². The largest absolute Gasteiger partial charge is 0.478 e. The number of amides is 1. The number of carboxylic acids is 1. The van der Waals surface area contributed by atoms with E-state index >= 15 is 0 Å². The molecule has 1 aromatic rings. The summed E-state index contributed by atoms with van der Waals surface area (Å²) < 4.78 is 19.9. The van der Waals surface area contributed by atoms with Crippen LogP contribution in [0.3, 0.4) is 0 Å². The highest BCUT2D eigenvalue weighted by atomic mass is 19.1. The van der Waals surface area contributed by atoms with Crippen LogP contribution >= 0.6 is 0 Å². The Morgan fingerprint density at radius 3 is 2.41 bits per heavy atom. The van der Waals surface area contributed by atoms with Crippen LogP contribution in [-0.4, -0.2) is 39.8 Å². The molecule has 27 heavy (non-hydrogen) atoms. The lowest BCUT2D eigenvalue weighted by molar-refractivity contribution is 0.0488. The average molecular weight is 382 g/mol. The van der Waals surface area contributed by atoms with Gasteiger partial charge in [0, 0.05) is 11.6 Å². The Balaban J connectivity index is 2.19. The molecular formula is C18H27FN4O4. The van der Waals surface area contributed by atoms with Crippen molar-refractivity contribution in [2.24, 2.45) is 0 Å². The van der Waals surface area contributed by atoms with Crippen LogP contribution in [0.15, 0.2) is 0 Å². The Morgan fingerprint density at radius 2 is 1.85 bits per heavy atom. The molecule has 1 amide bonds. The number of alkyl carbamates (subject to hydrolysis) is 1. The van der Waals surface area contributed by atoms with Gasteiger partial charge in [-0.2, -0.15) is 0 Å². The second kappa shape index (κ2) is 7.98. The number of ether oxygens (including phenoxy) is 1. The van der Waals surface area contributed by atoms with E-state index in [9.17, 15) is 14.0 Å². The van der Waals surface area contributed by atoms with Crippen LogP contribution in [-0.2, 0) is 4.74 Å². The summed E-state index contributed by atoms with van der Waals surface area (Å²) in [5.74, 6) is -2.46. The number of carbonyl (C=O) groups is 2. The molecular weight excluding hydrogens is 355 g/mol. The Bertz CT molecular complexity index is 733. The van der Waals surface area contributed by atoms with E-state index in [2.05, 4.69) is 15.6 Å². The van der Waals surface area contributed by atoms with E-state index < -0.39 is 23.5 Å². The lowest BCUT2D eigenvalue weighted by atomic mass is 9.90. The monoisotopic (exact) mass is 382 g/mol. The van der Waals surface area contributed by atoms with Gasteiger partial charge in [-0.15, -0.1) is 0 Å². The highest BCUT2D eigenvalue weighted by molar-refractivity contribution is 5.94. The number of hydrogen-bond donors (Lipinski definition) is 4. The van der Waals surface area contributed by atoms with Crippen molar-refractivity contribution in [3.63, 3.8) is 0 Å². The molecule has 2 atom stereocenters. The summed E-state index contributed by atoms with van der Waals surface area (Å²) in [6.45, 7) is 6.67. The number of aromatic carboxylic acids is 1. The predicted octanol–water partition coefficient (Wildman–Crippen LogP) is 3.06. The molecule has 0 aliphatic heterocycles. The zero-order chi connectivity index (χ0) is 20.4. The summed E-state index contributed by atoms with van der Waals surface area (Å²) in [5.41, 5.74) is 4.65. The molecule has 8 nitrogen and oxygen atoms in total. The zero-order valence-electron chi connectivity index (χ0n) is 16.1. The first-order valence-corrected chi connectivity index (χ1v) is 8.94. The van der Waals surface area contributed by atoms with Gasteiger partial charge in [0.15, 0.2) is 11.6 Å². The maximum absolute atomic E-state index is 14.6. The number of hydrogen-bond acceptors (Lipinski definition) is 6. The second-order valence-electron chi connectivity index (χ2n) is 7.75. The molecule has 5 N–H and O–H groups in total. The van der Waals surface area contributed by atoms with Gasteiger partial charge in [-0.05, 0) is 40.5 Å². The van der Waals surface area contributed by atoms with Gasteiger partial charge in [-0.3, -0.25) is 0 Å². The molecule has 0 spiro atoms. The molecule has 0 bridgehead atoms. The topological polar surface area (TPSA) is 127 Å². The fourth-order valence-corrected chi connectivity index (χ4v) is 3.18. The highest BCUT2D eigenvalue weighted by Gasteiger charge is 2.30. The van der Waals surface area contributed by atoms with Crippen LogP contribution in [0.1, 0.15) is 62.4 Å². The molecule has 1 saturated carbocycles. The van der Waals surface area contributed by atoms with E-state index in [4.69, 9.17) is 15.6 Å². The molecule has 2 unspecified atom stereocenters. The molecule has 1 aliphatic carbocycles. The van der Waals surface area contributed by atoms with E-state index in [0.29, 0.717) is 12.8 Å². The van der Waals surface area contributed by atoms with Crippen molar-refractivity contribution in [1.29, 1.82) is 0 Å². The maximum atomic E-state index is 14.6.